The summed E-state index contributed by atoms with van der Waals surface area (Å²) in [4.78, 5) is 12.3. The average Bonchev–Trinajstić information content (AvgIpc) is 2.62. The number of nitrogens with zero attached hydrogens (tertiary/aromatic N) is 4. The Morgan fingerprint density at radius 3 is 2.40 bits per heavy atom. The molecule has 25 heavy (non-hydrogen) atoms. The van der Waals surface area contributed by atoms with E-state index in [2.05, 4.69) is 47.8 Å². The average molecular weight is 354 g/mol. The first kappa shape index (κ1) is 20.5. The van der Waals surface area contributed by atoms with Crippen LogP contribution in [0.5, 0.6) is 0 Å². The van der Waals surface area contributed by atoms with E-state index in [-0.39, 0.29) is 0 Å². The van der Waals surface area contributed by atoms with Gasteiger partial charge >= 0.3 is 0 Å². The minimum absolute atomic E-state index is 0.431. The Labute approximate surface area is 154 Å². The highest BCUT2D eigenvalue weighted by atomic mass is 16.5. The number of ether oxygens (including phenoxy) is 1. The highest BCUT2D eigenvalue weighted by molar-refractivity contribution is 5.80. The fraction of sp³-hybridized carbons (Fsp3) is 0.947. The summed E-state index contributed by atoms with van der Waals surface area (Å²) in [7, 11) is 2.21. The standard InChI is InChI=1S/C19H39N5O/c1-5-20-19(24-9-7-18(8-10-24)25-6-2)21-15-17(3)16-23-13-11-22(4)12-14-23/h17-18H,5-16H2,1-4H3,(H,20,21). The van der Waals surface area contributed by atoms with Crippen LogP contribution < -0.4 is 5.32 Å². The monoisotopic (exact) mass is 353 g/mol. The van der Waals surface area contributed by atoms with Crippen molar-refractivity contribution in [1.29, 1.82) is 0 Å². The van der Waals surface area contributed by atoms with Gasteiger partial charge in [0.05, 0.1) is 6.10 Å². The lowest BCUT2D eigenvalue weighted by Crippen LogP contribution is -2.47. The SMILES string of the molecule is CCNC(=NCC(C)CN1CCN(C)CC1)N1CCC(OCC)CC1. The number of likely N-dealkylation sites (tertiary alicyclic amines) is 1. The molecule has 0 radical (unpaired) electrons. The fourth-order valence-electron chi connectivity index (χ4n) is 3.67. The lowest BCUT2D eigenvalue weighted by Gasteiger charge is -2.35. The molecule has 2 aliphatic heterocycles. The number of hydrogen-bond donors (Lipinski definition) is 1. The van der Waals surface area contributed by atoms with Crippen molar-refractivity contribution in [1.82, 2.24) is 20.0 Å². The first-order valence-electron chi connectivity index (χ1n) is 10.2. The van der Waals surface area contributed by atoms with E-state index < -0.39 is 0 Å². The maximum Gasteiger partial charge on any atom is 0.193 e. The normalized spacial score (nSPS) is 23.0. The molecule has 1 unspecified atom stereocenters. The first-order valence-corrected chi connectivity index (χ1v) is 10.2. The molecule has 0 aliphatic carbocycles. The van der Waals surface area contributed by atoms with E-state index in [1.165, 1.54) is 26.2 Å². The molecule has 0 saturated carbocycles. The molecule has 1 N–H and O–H groups in total. The van der Waals surface area contributed by atoms with Gasteiger partial charge in [0.2, 0.25) is 0 Å². The van der Waals surface area contributed by atoms with Gasteiger partial charge in [-0.15, -0.1) is 0 Å². The van der Waals surface area contributed by atoms with Gasteiger partial charge in [-0.1, -0.05) is 6.92 Å². The minimum atomic E-state index is 0.431. The second-order valence-corrected chi connectivity index (χ2v) is 7.55. The van der Waals surface area contributed by atoms with E-state index in [1.807, 2.05) is 0 Å². The van der Waals surface area contributed by atoms with Gasteiger partial charge in [0, 0.05) is 65.5 Å². The van der Waals surface area contributed by atoms with Crippen LogP contribution in [0.25, 0.3) is 0 Å². The maximum atomic E-state index is 5.77. The van der Waals surface area contributed by atoms with Crippen LogP contribution in [0.1, 0.15) is 33.6 Å². The number of piperidine rings is 1. The molecular formula is C19H39N5O. The van der Waals surface area contributed by atoms with Gasteiger partial charge in [-0.2, -0.15) is 0 Å². The van der Waals surface area contributed by atoms with Gasteiger partial charge in [-0.05, 0) is 39.7 Å². The summed E-state index contributed by atoms with van der Waals surface area (Å²) >= 11 is 0. The molecule has 2 fully saturated rings. The number of rotatable bonds is 7. The Kier molecular flexibility index (Phi) is 8.99. The molecule has 0 bridgehead atoms. The lowest BCUT2D eigenvalue weighted by atomic mass is 10.1. The summed E-state index contributed by atoms with van der Waals surface area (Å²) in [6, 6.07) is 0. The van der Waals surface area contributed by atoms with Crippen LogP contribution in [0.2, 0.25) is 0 Å². The quantitative estimate of drug-likeness (QED) is 0.553. The smallest absolute Gasteiger partial charge is 0.193 e. The lowest BCUT2D eigenvalue weighted by molar-refractivity contribution is 0.0263. The van der Waals surface area contributed by atoms with Crippen LogP contribution in [0, 0.1) is 5.92 Å². The van der Waals surface area contributed by atoms with Crippen molar-refractivity contribution in [2.45, 2.75) is 39.7 Å². The predicted octanol–water partition coefficient (Wildman–Crippen LogP) is 1.34. The van der Waals surface area contributed by atoms with Crippen LogP contribution in [-0.4, -0.2) is 99.3 Å². The number of guanidine groups is 1. The summed E-state index contributed by atoms with van der Waals surface area (Å²) in [6.07, 6.45) is 2.64. The Morgan fingerprint density at radius 2 is 1.80 bits per heavy atom. The Morgan fingerprint density at radius 1 is 1.12 bits per heavy atom. The largest absolute Gasteiger partial charge is 0.378 e. The van der Waals surface area contributed by atoms with E-state index >= 15 is 0 Å². The van der Waals surface area contributed by atoms with Gasteiger partial charge < -0.3 is 24.8 Å². The number of likely N-dealkylation sites (N-methyl/N-ethyl adjacent to an activating group) is 1. The Bertz CT molecular complexity index is 387. The second-order valence-electron chi connectivity index (χ2n) is 7.55. The van der Waals surface area contributed by atoms with Gasteiger partial charge in [-0.3, -0.25) is 4.99 Å². The van der Waals surface area contributed by atoms with Crippen molar-refractivity contribution >= 4 is 5.96 Å². The summed E-state index contributed by atoms with van der Waals surface area (Å²) in [5, 5.41) is 3.48. The molecule has 2 saturated heterocycles. The number of piperazine rings is 1. The zero-order valence-electron chi connectivity index (χ0n) is 16.8. The number of nitrogens with one attached hydrogen (secondary N) is 1. The van der Waals surface area contributed by atoms with E-state index in [0.717, 1.165) is 58.1 Å². The minimum Gasteiger partial charge on any atom is -0.378 e. The molecule has 0 aromatic rings. The van der Waals surface area contributed by atoms with Crippen molar-refractivity contribution in [2.75, 3.05) is 72.6 Å². The van der Waals surface area contributed by atoms with Crippen molar-refractivity contribution in [3.05, 3.63) is 0 Å². The molecule has 6 nitrogen and oxygen atoms in total. The summed E-state index contributed by atoms with van der Waals surface area (Å²) in [5.74, 6) is 1.68. The van der Waals surface area contributed by atoms with E-state index in [9.17, 15) is 0 Å². The van der Waals surface area contributed by atoms with Crippen molar-refractivity contribution < 1.29 is 4.74 Å². The van der Waals surface area contributed by atoms with Crippen LogP contribution in [0.4, 0.5) is 0 Å². The van der Waals surface area contributed by atoms with Gasteiger partial charge in [-0.25, -0.2) is 0 Å². The zero-order valence-corrected chi connectivity index (χ0v) is 16.8. The molecular weight excluding hydrogens is 314 g/mol. The first-order chi connectivity index (χ1) is 12.1. The van der Waals surface area contributed by atoms with Crippen molar-refractivity contribution in [3.8, 4) is 0 Å². The predicted molar refractivity (Wildman–Crippen MR) is 105 cm³/mol. The third-order valence-electron chi connectivity index (χ3n) is 5.20. The Balaban J connectivity index is 1.78. The highest BCUT2D eigenvalue weighted by Crippen LogP contribution is 2.14. The second kappa shape index (κ2) is 11.0. The maximum absolute atomic E-state index is 5.77. The zero-order chi connectivity index (χ0) is 18.1. The topological polar surface area (TPSA) is 43.3 Å². The summed E-state index contributed by atoms with van der Waals surface area (Å²) in [6.45, 7) is 17.2. The molecule has 1 atom stereocenters. The van der Waals surface area contributed by atoms with E-state index in [4.69, 9.17) is 9.73 Å². The fourth-order valence-corrected chi connectivity index (χ4v) is 3.67. The molecule has 0 amide bonds. The van der Waals surface area contributed by atoms with Crippen LogP contribution in [0.15, 0.2) is 4.99 Å². The van der Waals surface area contributed by atoms with Gasteiger partial charge in [0.1, 0.15) is 0 Å². The van der Waals surface area contributed by atoms with Crippen molar-refractivity contribution in [3.63, 3.8) is 0 Å². The van der Waals surface area contributed by atoms with Gasteiger partial charge in [0.15, 0.2) is 5.96 Å². The summed E-state index contributed by atoms with van der Waals surface area (Å²) in [5.41, 5.74) is 0. The highest BCUT2D eigenvalue weighted by Gasteiger charge is 2.22. The molecule has 0 aromatic heterocycles. The van der Waals surface area contributed by atoms with Crippen LogP contribution >= 0.6 is 0 Å². The third kappa shape index (κ3) is 7.12. The van der Waals surface area contributed by atoms with E-state index in [1.54, 1.807) is 0 Å². The van der Waals surface area contributed by atoms with Crippen molar-refractivity contribution in [2.24, 2.45) is 10.9 Å². The Hall–Kier alpha value is -0.850. The summed E-state index contributed by atoms with van der Waals surface area (Å²) < 4.78 is 5.77. The van der Waals surface area contributed by atoms with Crippen LogP contribution in [0.3, 0.4) is 0 Å². The molecule has 2 aliphatic rings. The number of aliphatic imine (C=N–C) groups is 1. The molecule has 0 aromatic carbocycles. The number of hydrogen-bond acceptors (Lipinski definition) is 4. The molecule has 2 heterocycles. The molecule has 6 heteroatoms. The molecule has 0 spiro atoms. The van der Waals surface area contributed by atoms with Crippen LogP contribution in [-0.2, 0) is 4.74 Å². The molecule has 146 valence electrons. The third-order valence-corrected chi connectivity index (χ3v) is 5.20. The van der Waals surface area contributed by atoms with E-state index in [0.29, 0.717) is 12.0 Å². The van der Waals surface area contributed by atoms with Gasteiger partial charge in [0.25, 0.3) is 0 Å². The molecule has 2 rings (SSSR count).